The van der Waals surface area contributed by atoms with Crippen molar-refractivity contribution in [1.29, 1.82) is 0 Å². The van der Waals surface area contributed by atoms with Gasteiger partial charge in [0.25, 0.3) is 0 Å². The highest BCUT2D eigenvalue weighted by molar-refractivity contribution is 5.77. The number of carbonyl (C=O) groups is 1. The minimum absolute atomic E-state index is 0.141. The molecule has 25 heavy (non-hydrogen) atoms. The maximum absolute atomic E-state index is 13.5. The monoisotopic (exact) mass is 347 g/mol. The van der Waals surface area contributed by atoms with Crippen LogP contribution in [0, 0.1) is 11.6 Å². The zero-order chi connectivity index (χ0) is 17.8. The van der Waals surface area contributed by atoms with Gasteiger partial charge >= 0.3 is 0 Å². The van der Waals surface area contributed by atoms with E-state index in [4.69, 9.17) is 4.74 Å². The van der Waals surface area contributed by atoms with Crippen LogP contribution in [0.15, 0.2) is 48.5 Å². The average Bonchev–Trinajstić information content (AvgIpc) is 3.00. The van der Waals surface area contributed by atoms with Gasteiger partial charge in [0.1, 0.15) is 5.75 Å². The molecule has 4 nitrogen and oxygen atoms in total. The topological polar surface area (TPSA) is 49.8 Å². The molecule has 3 rings (SSSR count). The number of likely N-dealkylation sites (tertiary alicyclic amines) is 1. The van der Waals surface area contributed by atoms with Gasteiger partial charge in [0.15, 0.2) is 11.6 Å². The Morgan fingerprint density at radius 3 is 2.64 bits per heavy atom. The molecule has 1 fully saturated rings. The molecule has 1 aliphatic rings. The third-order valence-corrected chi connectivity index (χ3v) is 4.26. The molecule has 2 atom stereocenters. The number of amides is 1. The van der Waals surface area contributed by atoms with Gasteiger partial charge in [0, 0.05) is 6.54 Å². The van der Waals surface area contributed by atoms with Gasteiger partial charge in [0.05, 0.1) is 25.2 Å². The first-order valence-corrected chi connectivity index (χ1v) is 8.15. The molecule has 132 valence electrons. The Labute approximate surface area is 144 Å². The maximum atomic E-state index is 13.5. The molecule has 1 N–H and O–H groups in total. The van der Waals surface area contributed by atoms with Crippen molar-refractivity contribution in [2.24, 2.45) is 0 Å². The SMILES string of the molecule is O=C(CCOc1ccccc1)N1C[C@H](O)C[C@H]1c1ccc(F)c(F)c1. The van der Waals surface area contributed by atoms with Crippen LogP contribution in [0.3, 0.4) is 0 Å². The fraction of sp³-hybridized carbons (Fsp3) is 0.316. The number of nitrogens with zero attached hydrogens (tertiary/aromatic N) is 1. The highest BCUT2D eigenvalue weighted by atomic mass is 19.2. The smallest absolute Gasteiger partial charge is 0.226 e. The van der Waals surface area contributed by atoms with Crippen LogP contribution in [0.4, 0.5) is 8.78 Å². The van der Waals surface area contributed by atoms with E-state index in [0.717, 1.165) is 12.1 Å². The number of β-amino-alcohol motifs (C(OH)–C–C–N with tert-alkyl or cyclic N) is 1. The normalized spacial score (nSPS) is 19.9. The van der Waals surface area contributed by atoms with Crippen molar-refractivity contribution in [3.8, 4) is 5.75 Å². The minimum Gasteiger partial charge on any atom is -0.493 e. The lowest BCUT2D eigenvalue weighted by Crippen LogP contribution is -2.32. The van der Waals surface area contributed by atoms with Crippen molar-refractivity contribution in [2.75, 3.05) is 13.2 Å². The molecule has 0 radical (unpaired) electrons. The van der Waals surface area contributed by atoms with E-state index in [1.54, 1.807) is 12.1 Å². The van der Waals surface area contributed by atoms with Crippen LogP contribution in [0.2, 0.25) is 0 Å². The van der Waals surface area contributed by atoms with E-state index in [2.05, 4.69) is 0 Å². The molecule has 1 amide bonds. The molecule has 0 unspecified atom stereocenters. The third kappa shape index (κ3) is 4.14. The summed E-state index contributed by atoms with van der Waals surface area (Å²) in [5, 5.41) is 9.91. The molecular weight excluding hydrogens is 328 g/mol. The Morgan fingerprint density at radius 1 is 1.16 bits per heavy atom. The summed E-state index contributed by atoms with van der Waals surface area (Å²) in [4.78, 5) is 14.0. The van der Waals surface area contributed by atoms with Crippen LogP contribution >= 0.6 is 0 Å². The highest BCUT2D eigenvalue weighted by Gasteiger charge is 2.35. The summed E-state index contributed by atoms with van der Waals surface area (Å²) < 4.78 is 32.1. The summed E-state index contributed by atoms with van der Waals surface area (Å²) in [5.41, 5.74) is 0.479. The molecule has 2 aromatic rings. The Balaban J connectivity index is 1.64. The molecule has 0 aliphatic carbocycles. The van der Waals surface area contributed by atoms with Gasteiger partial charge in [-0.25, -0.2) is 8.78 Å². The zero-order valence-corrected chi connectivity index (χ0v) is 13.6. The Hall–Kier alpha value is -2.47. The first kappa shape index (κ1) is 17.4. The van der Waals surface area contributed by atoms with Crippen molar-refractivity contribution >= 4 is 5.91 Å². The second-order valence-electron chi connectivity index (χ2n) is 6.04. The van der Waals surface area contributed by atoms with Gasteiger partial charge in [-0.15, -0.1) is 0 Å². The number of benzene rings is 2. The van der Waals surface area contributed by atoms with Crippen molar-refractivity contribution in [3.63, 3.8) is 0 Å². The second-order valence-corrected chi connectivity index (χ2v) is 6.04. The number of halogens is 2. The van der Waals surface area contributed by atoms with Gasteiger partial charge < -0.3 is 14.7 Å². The number of para-hydroxylation sites is 1. The molecule has 0 saturated carbocycles. The van der Waals surface area contributed by atoms with Crippen LogP contribution in [0.1, 0.15) is 24.4 Å². The quantitative estimate of drug-likeness (QED) is 0.904. The first-order chi connectivity index (χ1) is 12.0. The molecule has 0 spiro atoms. The molecule has 1 saturated heterocycles. The molecule has 1 aliphatic heterocycles. The molecule has 2 aromatic carbocycles. The largest absolute Gasteiger partial charge is 0.493 e. The predicted molar refractivity (Wildman–Crippen MR) is 88.0 cm³/mol. The second kappa shape index (κ2) is 7.61. The lowest BCUT2D eigenvalue weighted by atomic mass is 10.0. The van der Waals surface area contributed by atoms with E-state index in [0.29, 0.717) is 17.7 Å². The number of rotatable bonds is 5. The molecule has 6 heteroatoms. The maximum Gasteiger partial charge on any atom is 0.226 e. The van der Waals surface area contributed by atoms with Crippen molar-refractivity contribution in [2.45, 2.75) is 25.0 Å². The summed E-state index contributed by atoms with van der Waals surface area (Å²) >= 11 is 0. The zero-order valence-electron chi connectivity index (χ0n) is 13.6. The summed E-state index contributed by atoms with van der Waals surface area (Å²) in [5.74, 6) is -1.41. The van der Waals surface area contributed by atoms with Crippen LogP contribution in [-0.2, 0) is 4.79 Å². The summed E-state index contributed by atoms with van der Waals surface area (Å²) in [7, 11) is 0. The lowest BCUT2D eigenvalue weighted by Gasteiger charge is -2.25. The Morgan fingerprint density at radius 2 is 1.92 bits per heavy atom. The van der Waals surface area contributed by atoms with Crippen molar-refractivity contribution < 1.29 is 23.4 Å². The van der Waals surface area contributed by atoms with Crippen LogP contribution < -0.4 is 4.74 Å². The number of ether oxygens (including phenoxy) is 1. The van der Waals surface area contributed by atoms with Crippen LogP contribution in [-0.4, -0.2) is 35.2 Å². The van der Waals surface area contributed by atoms with Crippen molar-refractivity contribution in [3.05, 3.63) is 65.7 Å². The third-order valence-electron chi connectivity index (χ3n) is 4.26. The summed E-state index contributed by atoms with van der Waals surface area (Å²) in [6.45, 7) is 0.383. The van der Waals surface area contributed by atoms with Gasteiger partial charge in [-0.3, -0.25) is 4.79 Å². The number of hydrogen-bond donors (Lipinski definition) is 1. The number of carbonyl (C=O) groups excluding carboxylic acids is 1. The minimum atomic E-state index is -0.960. The van der Waals surface area contributed by atoms with Gasteiger partial charge in [-0.05, 0) is 36.2 Å². The van der Waals surface area contributed by atoms with Crippen LogP contribution in [0.25, 0.3) is 0 Å². The van der Waals surface area contributed by atoms with E-state index < -0.39 is 23.8 Å². The molecular formula is C19H19F2NO3. The van der Waals surface area contributed by atoms with Gasteiger partial charge in [0.2, 0.25) is 5.91 Å². The molecule has 0 bridgehead atoms. The number of hydrogen-bond acceptors (Lipinski definition) is 3. The summed E-state index contributed by atoms with van der Waals surface area (Å²) in [6, 6.07) is 12.3. The lowest BCUT2D eigenvalue weighted by molar-refractivity contribution is -0.133. The highest BCUT2D eigenvalue weighted by Crippen LogP contribution is 2.33. The van der Waals surface area contributed by atoms with Crippen molar-refractivity contribution in [1.82, 2.24) is 4.90 Å². The van der Waals surface area contributed by atoms with Gasteiger partial charge in [-0.2, -0.15) is 0 Å². The Kier molecular flexibility index (Phi) is 5.28. The standard InChI is InChI=1S/C19H19F2NO3/c20-16-7-6-13(10-17(16)21)18-11-14(23)12-22(18)19(24)8-9-25-15-4-2-1-3-5-15/h1-7,10,14,18,23H,8-9,11-12H2/t14-,18+/m1/s1. The van der Waals surface area contributed by atoms with E-state index in [9.17, 15) is 18.7 Å². The Bertz CT molecular complexity index is 739. The fourth-order valence-corrected chi connectivity index (χ4v) is 3.04. The first-order valence-electron chi connectivity index (χ1n) is 8.15. The predicted octanol–water partition coefficient (Wildman–Crippen LogP) is 3.07. The van der Waals surface area contributed by atoms with Gasteiger partial charge in [-0.1, -0.05) is 24.3 Å². The molecule has 1 heterocycles. The van der Waals surface area contributed by atoms with E-state index in [-0.39, 0.29) is 25.5 Å². The average molecular weight is 347 g/mol. The summed E-state index contributed by atoms with van der Waals surface area (Å²) in [6.07, 6.45) is -0.241. The van der Waals surface area contributed by atoms with E-state index in [1.807, 2.05) is 18.2 Å². The van der Waals surface area contributed by atoms with E-state index >= 15 is 0 Å². The molecule has 0 aromatic heterocycles. The van der Waals surface area contributed by atoms with Crippen LogP contribution in [0.5, 0.6) is 5.75 Å². The van der Waals surface area contributed by atoms with E-state index in [1.165, 1.54) is 11.0 Å². The number of aliphatic hydroxyl groups excluding tert-OH is 1. The fourth-order valence-electron chi connectivity index (χ4n) is 3.04. The number of aliphatic hydroxyl groups is 1.